The molecular weight excluding hydrogens is 344 g/mol. The second-order valence-corrected chi connectivity index (χ2v) is 6.79. The van der Waals surface area contributed by atoms with Gasteiger partial charge >= 0.3 is 0 Å². The molecule has 0 saturated carbocycles. The summed E-state index contributed by atoms with van der Waals surface area (Å²) in [4.78, 5) is 2.66. The number of hydrogen-bond acceptors (Lipinski definition) is 2. The Kier molecular flexibility index (Phi) is 3.17. The monoisotopic (exact) mass is 350 g/mol. The van der Waals surface area contributed by atoms with Gasteiger partial charge in [0.15, 0.2) is 0 Å². The molecule has 0 nitrogen and oxygen atoms in total. The third-order valence-corrected chi connectivity index (χ3v) is 6.48. The summed E-state index contributed by atoms with van der Waals surface area (Å²) < 4.78 is 2.45. The molecule has 4 heteroatoms. The maximum atomic E-state index is 3.62. The van der Waals surface area contributed by atoms with Crippen LogP contribution in [0.4, 0.5) is 0 Å². The fraction of sp³-hybridized carbons (Fsp3) is 0.200. The van der Waals surface area contributed by atoms with Crippen molar-refractivity contribution in [3.05, 3.63) is 29.5 Å². The predicted molar refractivity (Wildman–Crippen MR) is 72.5 cm³/mol. The zero-order valence-corrected chi connectivity index (χ0v) is 12.5. The van der Waals surface area contributed by atoms with Crippen molar-refractivity contribution >= 4 is 54.5 Å². The maximum absolute atomic E-state index is 3.62. The molecule has 2 heterocycles. The average molecular weight is 352 g/mol. The van der Waals surface area contributed by atoms with Crippen LogP contribution in [-0.2, 0) is 0 Å². The summed E-state index contributed by atoms with van der Waals surface area (Å²) in [5, 5.41) is 4.40. The lowest BCUT2D eigenvalue weighted by Gasteiger charge is -1.97. The van der Waals surface area contributed by atoms with E-state index in [2.05, 4.69) is 56.5 Å². The van der Waals surface area contributed by atoms with Crippen LogP contribution >= 0.6 is 54.5 Å². The van der Waals surface area contributed by atoms with E-state index in [1.807, 2.05) is 0 Å². The van der Waals surface area contributed by atoms with Gasteiger partial charge < -0.3 is 0 Å². The van der Waals surface area contributed by atoms with Gasteiger partial charge in [-0.3, -0.25) is 0 Å². The molecule has 0 aliphatic carbocycles. The highest BCUT2D eigenvalue weighted by atomic mass is 79.9. The standard InChI is InChI=1S/C10H8Br2S2/c1-5-9(11)7(3-13-5)8-4-14-6(2)10(8)12/h3-4H,1-2H3. The smallest absolute Gasteiger partial charge is 0.0390 e. The van der Waals surface area contributed by atoms with E-state index in [1.165, 1.54) is 29.8 Å². The molecule has 0 atom stereocenters. The first-order valence-electron chi connectivity index (χ1n) is 4.08. The largest absolute Gasteiger partial charge is 0.147 e. The lowest BCUT2D eigenvalue weighted by molar-refractivity contribution is 1.55. The SMILES string of the molecule is Cc1scc(-c2csc(C)c2Br)c1Br. The van der Waals surface area contributed by atoms with Gasteiger partial charge in [-0.05, 0) is 45.7 Å². The minimum Gasteiger partial charge on any atom is -0.147 e. The molecule has 0 bridgehead atoms. The van der Waals surface area contributed by atoms with Gasteiger partial charge in [0.05, 0.1) is 0 Å². The van der Waals surface area contributed by atoms with E-state index in [-0.39, 0.29) is 0 Å². The normalized spacial score (nSPS) is 10.9. The molecule has 0 aromatic carbocycles. The van der Waals surface area contributed by atoms with Crippen molar-refractivity contribution in [3.63, 3.8) is 0 Å². The van der Waals surface area contributed by atoms with E-state index in [4.69, 9.17) is 0 Å². The molecule has 0 saturated heterocycles. The van der Waals surface area contributed by atoms with Crippen LogP contribution < -0.4 is 0 Å². The zero-order chi connectivity index (χ0) is 10.3. The van der Waals surface area contributed by atoms with E-state index in [1.54, 1.807) is 22.7 Å². The van der Waals surface area contributed by atoms with E-state index >= 15 is 0 Å². The quantitative estimate of drug-likeness (QED) is 0.625. The summed E-state index contributed by atoms with van der Waals surface area (Å²) >= 11 is 10.8. The van der Waals surface area contributed by atoms with Gasteiger partial charge in [0.25, 0.3) is 0 Å². The molecule has 0 fully saturated rings. The van der Waals surface area contributed by atoms with E-state index in [9.17, 15) is 0 Å². The van der Waals surface area contributed by atoms with Crippen molar-refractivity contribution in [1.82, 2.24) is 0 Å². The lowest BCUT2D eigenvalue weighted by Crippen LogP contribution is -1.73. The first kappa shape index (κ1) is 10.9. The molecule has 0 spiro atoms. The molecule has 0 aliphatic rings. The fourth-order valence-electron chi connectivity index (χ4n) is 1.24. The minimum absolute atomic E-state index is 1.22. The number of aryl methyl sites for hydroxylation is 2. The highest BCUT2D eigenvalue weighted by Crippen LogP contribution is 2.42. The Morgan fingerprint density at radius 1 is 0.857 bits per heavy atom. The third-order valence-electron chi connectivity index (χ3n) is 2.09. The number of halogens is 2. The fourth-order valence-corrected chi connectivity index (χ4v) is 4.27. The first-order valence-corrected chi connectivity index (χ1v) is 7.43. The molecule has 0 radical (unpaired) electrons. The Morgan fingerprint density at radius 3 is 1.43 bits per heavy atom. The van der Waals surface area contributed by atoms with Crippen molar-refractivity contribution in [1.29, 1.82) is 0 Å². The maximum Gasteiger partial charge on any atom is 0.0390 e. The number of hydrogen-bond donors (Lipinski definition) is 0. The molecule has 2 rings (SSSR count). The van der Waals surface area contributed by atoms with Gasteiger partial charge in [0.2, 0.25) is 0 Å². The van der Waals surface area contributed by atoms with E-state index < -0.39 is 0 Å². The van der Waals surface area contributed by atoms with Gasteiger partial charge in [-0.2, -0.15) is 0 Å². The molecule has 14 heavy (non-hydrogen) atoms. The minimum atomic E-state index is 1.22. The molecule has 0 aliphatic heterocycles. The second-order valence-electron chi connectivity index (χ2n) is 3.04. The summed E-state index contributed by atoms with van der Waals surface area (Å²) in [6.07, 6.45) is 0. The Morgan fingerprint density at radius 2 is 1.21 bits per heavy atom. The van der Waals surface area contributed by atoms with Crippen LogP contribution in [0.3, 0.4) is 0 Å². The molecule has 74 valence electrons. The molecule has 0 N–H and O–H groups in total. The zero-order valence-electron chi connectivity index (χ0n) is 7.73. The summed E-state index contributed by atoms with van der Waals surface area (Å²) in [6.45, 7) is 4.26. The Hall–Kier alpha value is 0.360. The van der Waals surface area contributed by atoms with Crippen LogP contribution in [0, 0.1) is 13.8 Å². The van der Waals surface area contributed by atoms with Gasteiger partial charge in [0, 0.05) is 40.6 Å². The van der Waals surface area contributed by atoms with E-state index in [0.29, 0.717) is 0 Å². The van der Waals surface area contributed by atoms with E-state index in [0.717, 1.165) is 0 Å². The lowest BCUT2D eigenvalue weighted by atomic mass is 10.2. The highest BCUT2D eigenvalue weighted by Gasteiger charge is 2.13. The number of rotatable bonds is 1. The van der Waals surface area contributed by atoms with Crippen LogP contribution in [0.25, 0.3) is 11.1 Å². The van der Waals surface area contributed by atoms with Crippen LogP contribution in [-0.4, -0.2) is 0 Å². The topological polar surface area (TPSA) is 0 Å². The van der Waals surface area contributed by atoms with Gasteiger partial charge in [-0.25, -0.2) is 0 Å². The summed E-state index contributed by atoms with van der Waals surface area (Å²) in [7, 11) is 0. The van der Waals surface area contributed by atoms with Gasteiger partial charge in [0.1, 0.15) is 0 Å². The summed E-state index contributed by atoms with van der Waals surface area (Å²) in [5.41, 5.74) is 2.59. The van der Waals surface area contributed by atoms with Crippen LogP contribution in [0.15, 0.2) is 19.7 Å². The summed E-state index contributed by atoms with van der Waals surface area (Å²) in [6, 6.07) is 0. The van der Waals surface area contributed by atoms with Crippen LogP contribution in [0.5, 0.6) is 0 Å². The van der Waals surface area contributed by atoms with Crippen molar-refractivity contribution in [2.45, 2.75) is 13.8 Å². The first-order chi connectivity index (χ1) is 6.61. The molecule has 2 aromatic rings. The van der Waals surface area contributed by atoms with Crippen molar-refractivity contribution < 1.29 is 0 Å². The number of thiophene rings is 2. The van der Waals surface area contributed by atoms with Crippen molar-refractivity contribution in [2.75, 3.05) is 0 Å². The molecule has 0 amide bonds. The summed E-state index contributed by atoms with van der Waals surface area (Å²) in [5.74, 6) is 0. The molecule has 0 unspecified atom stereocenters. The second kappa shape index (κ2) is 4.08. The molecular formula is C10H8Br2S2. The van der Waals surface area contributed by atoms with Crippen LogP contribution in [0.2, 0.25) is 0 Å². The third kappa shape index (κ3) is 1.73. The predicted octanol–water partition coefficient (Wildman–Crippen LogP) is 5.62. The molecule has 2 aromatic heterocycles. The van der Waals surface area contributed by atoms with Gasteiger partial charge in [-0.15, -0.1) is 22.7 Å². The van der Waals surface area contributed by atoms with Crippen LogP contribution in [0.1, 0.15) is 9.75 Å². The van der Waals surface area contributed by atoms with Crippen molar-refractivity contribution in [2.24, 2.45) is 0 Å². The highest BCUT2D eigenvalue weighted by molar-refractivity contribution is 9.11. The Bertz CT molecular complexity index is 424. The Balaban J connectivity index is 2.60. The Labute approximate surface area is 108 Å². The van der Waals surface area contributed by atoms with Crippen molar-refractivity contribution in [3.8, 4) is 11.1 Å². The average Bonchev–Trinajstić information content (AvgIpc) is 2.63. The van der Waals surface area contributed by atoms with Gasteiger partial charge in [-0.1, -0.05) is 0 Å².